The van der Waals surface area contributed by atoms with Crippen LogP contribution in [0, 0.1) is 0 Å². The van der Waals surface area contributed by atoms with Crippen molar-refractivity contribution in [3.8, 4) is 0 Å². The number of carbonyl (C=O) groups excluding carboxylic acids is 2. The Kier molecular flexibility index (Phi) is 7.42. The summed E-state index contributed by atoms with van der Waals surface area (Å²) in [6, 6.07) is 8.08. The van der Waals surface area contributed by atoms with Gasteiger partial charge in [0.1, 0.15) is 11.4 Å². The van der Waals surface area contributed by atoms with Crippen molar-refractivity contribution < 1.29 is 22.7 Å². The smallest absolute Gasteiger partial charge is 0.343 e. The van der Waals surface area contributed by atoms with Crippen LogP contribution >= 0.6 is 0 Å². The first kappa shape index (κ1) is 22.9. The molecule has 1 aromatic heterocycles. The van der Waals surface area contributed by atoms with E-state index in [1.165, 1.54) is 10.9 Å². The highest BCUT2D eigenvalue weighted by molar-refractivity contribution is 7.89. The van der Waals surface area contributed by atoms with Crippen LogP contribution < -0.4 is 10.0 Å². The molecule has 11 heteroatoms. The maximum Gasteiger partial charge on any atom is 0.343 e. The molecule has 0 aliphatic carbocycles. The van der Waals surface area contributed by atoms with Gasteiger partial charge in [-0.3, -0.25) is 14.4 Å². The molecular weight excluding hydrogens is 422 g/mol. The summed E-state index contributed by atoms with van der Waals surface area (Å²) in [5, 5.41) is 6.73. The lowest BCUT2D eigenvalue weighted by Gasteiger charge is -2.31. The third-order valence-corrected chi connectivity index (χ3v) is 6.56. The zero-order valence-electron chi connectivity index (χ0n) is 17.6. The molecule has 1 saturated heterocycles. The topological polar surface area (TPSA) is 123 Å². The molecule has 10 nitrogen and oxygen atoms in total. The monoisotopic (exact) mass is 449 g/mol. The number of ether oxygens (including phenoxy) is 1. The van der Waals surface area contributed by atoms with Gasteiger partial charge < -0.3 is 10.1 Å². The first-order chi connectivity index (χ1) is 14.8. The number of aromatic nitrogens is 2. The normalized spacial score (nSPS) is 15.5. The zero-order chi connectivity index (χ0) is 22.4. The van der Waals surface area contributed by atoms with Crippen LogP contribution in [0.15, 0.2) is 41.4 Å². The van der Waals surface area contributed by atoms with Gasteiger partial charge in [0.2, 0.25) is 15.9 Å². The molecule has 1 aliphatic heterocycles. The lowest BCUT2D eigenvalue weighted by Crippen LogP contribution is -2.46. The van der Waals surface area contributed by atoms with Gasteiger partial charge in [-0.15, -0.1) is 0 Å². The molecule has 0 spiro atoms. The summed E-state index contributed by atoms with van der Waals surface area (Å²) in [5.74, 6) is -0.538. The number of nitrogens with zero attached hydrogens (tertiary/aromatic N) is 3. The molecule has 1 aliphatic rings. The van der Waals surface area contributed by atoms with Gasteiger partial charge >= 0.3 is 5.97 Å². The van der Waals surface area contributed by atoms with E-state index in [4.69, 9.17) is 4.74 Å². The summed E-state index contributed by atoms with van der Waals surface area (Å²) in [5.41, 5.74) is 0.201. The number of sulfonamides is 1. The van der Waals surface area contributed by atoms with Gasteiger partial charge in [0.25, 0.3) is 0 Å². The number of amides is 1. The van der Waals surface area contributed by atoms with Gasteiger partial charge in [-0.25, -0.2) is 17.9 Å². The van der Waals surface area contributed by atoms with Gasteiger partial charge in [0.05, 0.1) is 24.2 Å². The molecule has 2 aromatic rings. The van der Waals surface area contributed by atoms with Gasteiger partial charge in [0.15, 0.2) is 0 Å². The average molecular weight is 450 g/mol. The molecule has 0 radical (unpaired) electrons. The Morgan fingerprint density at radius 3 is 2.52 bits per heavy atom. The molecule has 2 N–H and O–H groups in total. The van der Waals surface area contributed by atoms with Crippen LogP contribution in [0.4, 0.5) is 5.82 Å². The van der Waals surface area contributed by atoms with Crippen molar-refractivity contribution in [2.75, 3.05) is 31.6 Å². The number of rotatable bonds is 8. The first-order valence-electron chi connectivity index (χ1n) is 10.1. The Labute approximate surface area is 181 Å². The van der Waals surface area contributed by atoms with Crippen molar-refractivity contribution >= 4 is 27.7 Å². The minimum atomic E-state index is -3.56. The van der Waals surface area contributed by atoms with Gasteiger partial charge in [-0.05, 0) is 31.9 Å². The summed E-state index contributed by atoms with van der Waals surface area (Å²) in [4.78, 5) is 26.7. The average Bonchev–Trinajstić information content (AvgIpc) is 3.10. The van der Waals surface area contributed by atoms with E-state index >= 15 is 0 Å². The second-order valence-corrected chi connectivity index (χ2v) is 9.00. The van der Waals surface area contributed by atoms with E-state index in [1.54, 1.807) is 44.3 Å². The number of nitrogens with one attached hydrogen (secondary N) is 2. The molecule has 3 rings (SSSR count). The Balaban J connectivity index is 1.51. The van der Waals surface area contributed by atoms with Crippen LogP contribution in [-0.2, 0) is 26.6 Å². The summed E-state index contributed by atoms with van der Waals surface area (Å²) in [6.07, 6.45) is 2.55. The number of piperidine rings is 1. The van der Waals surface area contributed by atoms with Crippen LogP contribution in [0.3, 0.4) is 0 Å². The fraction of sp³-hybridized carbons (Fsp3) is 0.450. The fourth-order valence-corrected chi connectivity index (χ4v) is 4.74. The first-order valence-corrected chi connectivity index (χ1v) is 11.6. The standard InChI is InChI=1S/C20H27N5O5S/c1-3-30-20(27)17-13-21-24(2)19(17)22-18(26)14-25-11-9-15(10-12-25)23-31(28,29)16-7-5-4-6-8-16/h4-8,13,15,23H,3,9-12,14H2,1-2H3,(H,22,26). The van der Waals surface area contributed by atoms with Crippen molar-refractivity contribution in [3.63, 3.8) is 0 Å². The van der Waals surface area contributed by atoms with Crippen LogP contribution in [0.25, 0.3) is 0 Å². The van der Waals surface area contributed by atoms with Gasteiger partial charge in [-0.2, -0.15) is 5.10 Å². The predicted molar refractivity (Wildman–Crippen MR) is 114 cm³/mol. The molecule has 0 atom stereocenters. The molecule has 31 heavy (non-hydrogen) atoms. The van der Waals surface area contributed by atoms with Crippen LogP contribution in [0.5, 0.6) is 0 Å². The van der Waals surface area contributed by atoms with Crippen LogP contribution in [0.2, 0.25) is 0 Å². The second-order valence-electron chi connectivity index (χ2n) is 7.28. The van der Waals surface area contributed by atoms with E-state index in [9.17, 15) is 18.0 Å². The number of likely N-dealkylation sites (tertiary alicyclic amines) is 1. The molecule has 0 saturated carbocycles. The van der Waals surface area contributed by atoms with Crippen molar-refractivity contribution in [1.29, 1.82) is 0 Å². The number of anilines is 1. The minimum Gasteiger partial charge on any atom is -0.462 e. The van der Waals surface area contributed by atoms with Crippen molar-refractivity contribution in [3.05, 3.63) is 42.1 Å². The number of benzene rings is 1. The molecule has 0 bridgehead atoms. The highest BCUT2D eigenvalue weighted by Gasteiger charge is 2.26. The highest BCUT2D eigenvalue weighted by atomic mass is 32.2. The Morgan fingerprint density at radius 1 is 1.19 bits per heavy atom. The number of hydrogen-bond donors (Lipinski definition) is 2. The quantitative estimate of drug-likeness (QED) is 0.576. The van der Waals surface area contributed by atoms with E-state index in [0.29, 0.717) is 25.9 Å². The molecule has 1 amide bonds. The summed E-state index contributed by atoms with van der Waals surface area (Å²) in [6.45, 7) is 3.21. The van der Waals surface area contributed by atoms with E-state index < -0.39 is 16.0 Å². The summed E-state index contributed by atoms with van der Waals surface area (Å²) < 4.78 is 34.1. The third-order valence-electron chi connectivity index (χ3n) is 5.02. The Bertz CT molecular complexity index is 1010. The fourth-order valence-electron chi connectivity index (χ4n) is 3.41. The van der Waals surface area contributed by atoms with Crippen LogP contribution in [0.1, 0.15) is 30.1 Å². The van der Waals surface area contributed by atoms with Crippen molar-refractivity contribution in [2.45, 2.75) is 30.7 Å². The summed E-state index contributed by atoms with van der Waals surface area (Å²) >= 11 is 0. The second kappa shape index (κ2) is 10.0. The van der Waals surface area contributed by atoms with E-state index in [0.717, 1.165) is 0 Å². The lowest BCUT2D eigenvalue weighted by atomic mass is 10.1. The van der Waals surface area contributed by atoms with E-state index in [-0.39, 0.29) is 41.4 Å². The Morgan fingerprint density at radius 2 is 1.87 bits per heavy atom. The van der Waals surface area contributed by atoms with Gasteiger partial charge in [0, 0.05) is 26.2 Å². The summed E-state index contributed by atoms with van der Waals surface area (Å²) in [7, 11) is -1.93. The van der Waals surface area contributed by atoms with Crippen molar-refractivity contribution in [2.24, 2.45) is 7.05 Å². The number of aryl methyl sites for hydroxylation is 1. The minimum absolute atomic E-state index is 0.131. The molecule has 168 valence electrons. The largest absolute Gasteiger partial charge is 0.462 e. The molecule has 0 unspecified atom stereocenters. The predicted octanol–water partition coefficient (Wildman–Crippen LogP) is 0.978. The molecule has 1 fully saturated rings. The van der Waals surface area contributed by atoms with Crippen LogP contribution in [-0.4, -0.2) is 67.3 Å². The van der Waals surface area contributed by atoms with E-state index in [2.05, 4.69) is 15.1 Å². The molecule has 2 heterocycles. The maximum absolute atomic E-state index is 12.5. The van der Waals surface area contributed by atoms with Gasteiger partial charge in [-0.1, -0.05) is 18.2 Å². The number of carbonyl (C=O) groups is 2. The lowest BCUT2D eigenvalue weighted by molar-refractivity contribution is -0.117. The van der Waals surface area contributed by atoms with E-state index in [1.807, 2.05) is 4.90 Å². The molecular formula is C20H27N5O5S. The maximum atomic E-state index is 12.5. The highest BCUT2D eigenvalue weighted by Crippen LogP contribution is 2.17. The Hall–Kier alpha value is -2.76. The SMILES string of the molecule is CCOC(=O)c1cnn(C)c1NC(=O)CN1CCC(NS(=O)(=O)c2ccccc2)CC1. The zero-order valence-corrected chi connectivity index (χ0v) is 18.4. The van der Waals surface area contributed by atoms with Crippen molar-refractivity contribution in [1.82, 2.24) is 19.4 Å². The molecule has 1 aromatic carbocycles. The number of hydrogen-bond acceptors (Lipinski definition) is 7. The third kappa shape index (κ3) is 5.90. The number of esters is 1.